The minimum atomic E-state index is -0.391. The van der Waals surface area contributed by atoms with Gasteiger partial charge >= 0.3 is 0 Å². The molecule has 19 heavy (non-hydrogen) atoms. The first-order chi connectivity index (χ1) is 8.99. The summed E-state index contributed by atoms with van der Waals surface area (Å²) in [5.41, 5.74) is 0.787. The quantitative estimate of drug-likeness (QED) is 0.740. The number of carbonyl (C=O) groups is 1. The van der Waals surface area contributed by atoms with Gasteiger partial charge in [0.15, 0.2) is 0 Å². The van der Waals surface area contributed by atoms with Crippen LogP contribution in [0, 0.1) is 0 Å². The van der Waals surface area contributed by atoms with E-state index in [4.69, 9.17) is 34.8 Å². The van der Waals surface area contributed by atoms with E-state index < -0.39 is 5.91 Å². The molecule has 2 aromatic rings. The van der Waals surface area contributed by atoms with Crippen molar-refractivity contribution in [2.75, 3.05) is 5.32 Å². The maximum atomic E-state index is 12.1. The van der Waals surface area contributed by atoms with Gasteiger partial charge in [0, 0.05) is 6.20 Å². The van der Waals surface area contributed by atoms with E-state index in [2.05, 4.69) is 26.2 Å². The topological polar surface area (TPSA) is 42.0 Å². The molecule has 7 heteroatoms. The lowest BCUT2D eigenvalue weighted by Gasteiger charge is -2.09. The summed E-state index contributed by atoms with van der Waals surface area (Å²) in [6.45, 7) is 0. The molecule has 0 aliphatic heterocycles. The highest BCUT2D eigenvalue weighted by molar-refractivity contribution is 9.10. The molecule has 0 aliphatic rings. The number of nitrogens with zero attached hydrogens (tertiary/aromatic N) is 1. The Labute approximate surface area is 133 Å². The van der Waals surface area contributed by atoms with Gasteiger partial charge in [-0.1, -0.05) is 40.9 Å². The van der Waals surface area contributed by atoms with Gasteiger partial charge in [-0.05, 0) is 34.1 Å². The van der Waals surface area contributed by atoms with Crippen LogP contribution in [0.4, 0.5) is 5.69 Å². The maximum absolute atomic E-state index is 12.1. The molecule has 0 saturated heterocycles. The molecular weight excluding hydrogens is 374 g/mol. The summed E-state index contributed by atoms with van der Waals surface area (Å²) in [4.78, 5) is 15.9. The fraction of sp³-hybridized carbons (Fsp3) is 0. The summed E-state index contributed by atoms with van der Waals surface area (Å²) in [6.07, 6.45) is 1.33. The lowest BCUT2D eigenvalue weighted by Crippen LogP contribution is -2.13. The number of hydrogen-bond acceptors (Lipinski definition) is 2. The van der Waals surface area contributed by atoms with Crippen molar-refractivity contribution in [1.29, 1.82) is 0 Å². The van der Waals surface area contributed by atoms with Crippen LogP contribution in [0.1, 0.15) is 10.4 Å². The molecule has 0 radical (unpaired) electrons. The van der Waals surface area contributed by atoms with Gasteiger partial charge in [-0.3, -0.25) is 4.79 Å². The molecule has 0 unspecified atom stereocenters. The number of benzene rings is 1. The number of pyridine rings is 1. The maximum Gasteiger partial charge on any atom is 0.257 e. The van der Waals surface area contributed by atoms with E-state index in [0.717, 1.165) is 0 Å². The molecule has 1 heterocycles. The molecule has 0 atom stereocenters. The fourth-order valence-corrected chi connectivity index (χ4v) is 2.26. The Bertz CT molecular complexity index is 649. The average molecular weight is 380 g/mol. The number of amides is 1. The van der Waals surface area contributed by atoms with Crippen LogP contribution in [0.2, 0.25) is 15.2 Å². The summed E-state index contributed by atoms with van der Waals surface area (Å²) in [6, 6.07) is 6.55. The van der Waals surface area contributed by atoms with Crippen molar-refractivity contribution in [2.45, 2.75) is 0 Å². The second kappa shape index (κ2) is 6.09. The minimum Gasteiger partial charge on any atom is -0.321 e. The van der Waals surface area contributed by atoms with Crippen molar-refractivity contribution >= 4 is 62.3 Å². The number of carbonyl (C=O) groups excluding carboxylic acids is 1. The predicted molar refractivity (Wildman–Crippen MR) is 81.4 cm³/mol. The summed E-state index contributed by atoms with van der Waals surface area (Å²) in [5, 5.41) is 3.61. The molecular formula is C12H6BrCl3N2O. The SMILES string of the molecule is O=C(Nc1cccc(Cl)c1Br)c1cc(Cl)ncc1Cl. The van der Waals surface area contributed by atoms with Crippen LogP contribution in [0.3, 0.4) is 0 Å². The van der Waals surface area contributed by atoms with E-state index >= 15 is 0 Å². The second-order valence-corrected chi connectivity index (χ2v) is 5.54. The first kappa shape index (κ1) is 14.6. The Kier molecular flexibility index (Phi) is 4.68. The molecule has 1 aromatic heterocycles. The third-order valence-electron chi connectivity index (χ3n) is 2.27. The zero-order valence-electron chi connectivity index (χ0n) is 9.25. The monoisotopic (exact) mass is 378 g/mol. The second-order valence-electron chi connectivity index (χ2n) is 3.54. The van der Waals surface area contributed by atoms with Crippen molar-refractivity contribution in [3.63, 3.8) is 0 Å². The molecule has 0 aliphatic carbocycles. The zero-order valence-corrected chi connectivity index (χ0v) is 13.1. The number of rotatable bonds is 2. The lowest BCUT2D eigenvalue weighted by molar-refractivity contribution is 0.102. The average Bonchev–Trinajstić information content (AvgIpc) is 2.38. The molecule has 0 spiro atoms. The minimum absolute atomic E-state index is 0.194. The molecule has 1 aromatic carbocycles. The number of aromatic nitrogens is 1. The van der Waals surface area contributed by atoms with Gasteiger partial charge in [0.05, 0.1) is 25.8 Å². The molecule has 3 nitrogen and oxygen atoms in total. The van der Waals surface area contributed by atoms with Crippen LogP contribution < -0.4 is 5.32 Å². The molecule has 0 bridgehead atoms. The number of halogens is 4. The Balaban J connectivity index is 2.31. The van der Waals surface area contributed by atoms with Gasteiger partial charge in [-0.2, -0.15) is 0 Å². The number of nitrogens with one attached hydrogen (secondary N) is 1. The van der Waals surface area contributed by atoms with Gasteiger partial charge < -0.3 is 5.32 Å². The molecule has 0 fully saturated rings. The Morgan fingerprint density at radius 2 is 1.95 bits per heavy atom. The molecule has 2 rings (SSSR count). The van der Waals surface area contributed by atoms with E-state index in [1.54, 1.807) is 18.2 Å². The van der Waals surface area contributed by atoms with Crippen LogP contribution in [0.25, 0.3) is 0 Å². The fourth-order valence-electron chi connectivity index (χ4n) is 1.38. The van der Waals surface area contributed by atoms with E-state index in [0.29, 0.717) is 15.2 Å². The van der Waals surface area contributed by atoms with Crippen molar-refractivity contribution in [2.24, 2.45) is 0 Å². The third kappa shape index (κ3) is 3.39. The van der Waals surface area contributed by atoms with E-state index in [-0.39, 0.29) is 15.7 Å². The van der Waals surface area contributed by atoms with Crippen molar-refractivity contribution in [3.05, 3.63) is 55.7 Å². The van der Waals surface area contributed by atoms with E-state index in [9.17, 15) is 4.79 Å². The Hall–Kier alpha value is -0.810. The predicted octanol–water partition coefficient (Wildman–Crippen LogP) is 5.06. The summed E-state index contributed by atoms with van der Waals surface area (Å²) < 4.78 is 0.598. The van der Waals surface area contributed by atoms with Crippen molar-refractivity contribution in [1.82, 2.24) is 4.98 Å². The highest BCUT2D eigenvalue weighted by atomic mass is 79.9. The zero-order chi connectivity index (χ0) is 14.0. The van der Waals surface area contributed by atoms with E-state index in [1.807, 2.05) is 0 Å². The molecule has 0 saturated carbocycles. The first-order valence-electron chi connectivity index (χ1n) is 5.05. The number of hydrogen-bond donors (Lipinski definition) is 1. The Morgan fingerprint density at radius 3 is 2.68 bits per heavy atom. The van der Waals surface area contributed by atoms with Crippen molar-refractivity contribution in [3.8, 4) is 0 Å². The summed E-state index contributed by atoms with van der Waals surface area (Å²) >= 11 is 20.9. The molecule has 1 N–H and O–H groups in total. The summed E-state index contributed by atoms with van der Waals surface area (Å²) in [7, 11) is 0. The molecule has 98 valence electrons. The van der Waals surface area contributed by atoms with Gasteiger partial charge in [0.25, 0.3) is 5.91 Å². The number of anilines is 1. The standard InChI is InChI=1S/C12H6BrCl3N2O/c13-11-7(14)2-1-3-9(11)18-12(19)6-4-10(16)17-5-8(6)15/h1-5H,(H,18,19). The van der Waals surface area contributed by atoms with Crippen LogP contribution in [-0.4, -0.2) is 10.9 Å². The highest BCUT2D eigenvalue weighted by Gasteiger charge is 2.14. The van der Waals surface area contributed by atoms with Crippen LogP contribution in [0.15, 0.2) is 34.9 Å². The third-order valence-corrected chi connectivity index (χ3v) is 4.17. The van der Waals surface area contributed by atoms with Crippen LogP contribution in [0.5, 0.6) is 0 Å². The smallest absolute Gasteiger partial charge is 0.257 e. The van der Waals surface area contributed by atoms with Gasteiger partial charge in [-0.25, -0.2) is 4.98 Å². The highest BCUT2D eigenvalue weighted by Crippen LogP contribution is 2.30. The van der Waals surface area contributed by atoms with Gasteiger partial charge in [0.1, 0.15) is 5.15 Å². The van der Waals surface area contributed by atoms with Gasteiger partial charge in [-0.15, -0.1) is 0 Å². The van der Waals surface area contributed by atoms with Crippen LogP contribution in [-0.2, 0) is 0 Å². The van der Waals surface area contributed by atoms with E-state index in [1.165, 1.54) is 12.3 Å². The molecule has 1 amide bonds. The van der Waals surface area contributed by atoms with Crippen LogP contribution >= 0.6 is 50.7 Å². The normalized spacial score (nSPS) is 10.3. The van der Waals surface area contributed by atoms with Crippen molar-refractivity contribution < 1.29 is 4.79 Å². The Morgan fingerprint density at radius 1 is 1.21 bits per heavy atom. The van der Waals surface area contributed by atoms with Gasteiger partial charge in [0.2, 0.25) is 0 Å². The summed E-state index contributed by atoms with van der Waals surface area (Å²) in [5.74, 6) is -0.391. The first-order valence-corrected chi connectivity index (χ1v) is 6.98. The lowest BCUT2D eigenvalue weighted by atomic mass is 10.2. The largest absolute Gasteiger partial charge is 0.321 e.